The molecule has 0 saturated carbocycles. The number of nitrogens with one attached hydrogen (secondary N) is 1. The van der Waals surface area contributed by atoms with E-state index in [9.17, 15) is 13.2 Å². The Labute approximate surface area is 191 Å². The van der Waals surface area contributed by atoms with Gasteiger partial charge in [0, 0.05) is 18.7 Å². The van der Waals surface area contributed by atoms with Crippen molar-refractivity contribution in [2.75, 3.05) is 24.7 Å². The van der Waals surface area contributed by atoms with Crippen molar-refractivity contribution in [1.29, 1.82) is 0 Å². The summed E-state index contributed by atoms with van der Waals surface area (Å²) in [6.45, 7) is 1.02. The van der Waals surface area contributed by atoms with Gasteiger partial charge in [-0.25, -0.2) is 8.42 Å². The van der Waals surface area contributed by atoms with Crippen molar-refractivity contribution >= 4 is 33.4 Å². The highest BCUT2D eigenvalue weighted by Gasteiger charge is 2.26. The number of sulfonamides is 1. The van der Waals surface area contributed by atoms with E-state index in [1.807, 2.05) is 12.3 Å². The van der Waals surface area contributed by atoms with E-state index in [0.717, 1.165) is 25.7 Å². The Bertz CT molecular complexity index is 1200. The second-order valence-electron chi connectivity index (χ2n) is 7.42. The van der Waals surface area contributed by atoms with E-state index in [4.69, 9.17) is 4.42 Å². The number of amides is 1. The van der Waals surface area contributed by atoms with Gasteiger partial charge in [-0.1, -0.05) is 42.8 Å². The van der Waals surface area contributed by atoms with Gasteiger partial charge < -0.3 is 9.73 Å². The Morgan fingerprint density at radius 3 is 2.50 bits per heavy atom. The Hall–Kier alpha value is -2.69. The Kier molecular flexibility index (Phi) is 6.92. The summed E-state index contributed by atoms with van der Waals surface area (Å²) in [5.74, 6) is -0.127. The van der Waals surface area contributed by atoms with Crippen LogP contribution in [0.4, 0.5) is 5.69 Å². The van der Waals surface area contributed by atoms with Crippen LogP contribution >= 0.6 is 11.8 Å². The molecule has 1 aliphatic rings. The van der Waals surface area contributed by atoms with Gasteiger partial charge in [0.15, 0.2) is 0 Å². The Balaban J connectivity index is 1.58. The molecule has 1 amide bonds. The molecule has 10 heteroatoms. The maximum atomic E-state index is 13.1. The summed E-state index contributed by atoms with van der Waals surface area (Å²) in [5.41, 5.74) is 1.34. The van der Waals surface area contributed by atoms with Crippen molar-refractivity contribution in [2.24, 2.45) is 0 Å². The van der Waals surface area contributed by atoms with E-state index in [1.54, 1.807) is 30.3 Å². The minimum atomic E-state index is -3.65. The number of nitrogens with zero attached hydrogens (tertiary/aromatic N) is 3. The molecule has 0 aliphatic carbocycles. The first-order valence-electron chi connectivity index (χ1n) is 10.4. The lowest BCUT2D eigenvalue weighted by Crippen LogP contribution is -2.32. The third-order valence-corrected chi connectivity index (χ3v) is 7.69. The molecule has 1 N–H and O–H groups in total. The molecule has 4 rings (SSSR count). The highest BCUT2D eigenvalue weighted by molar-refractivity contribution is 7.98. The number of anilines is 1. The van der Waals surface area contributed by atoms with Crippen LogP contribution in [0.15, 0.2) is 63.1 Å². The number of thioether (sulfide) groups is 1. The zero-order valence-corrected chi connectivity index (χ0v) is 19.3. The summed E-state index contributed by atoms with van der Waals surface area (Å²) in [4.78, 5) is 13.1. The highest BCUT2D eigenvalue weighted by Crippen LogP contribution is 2.29. The van der Waals surface area contributed by atoms with Gasteiger partial charge in [0.25, 0.3) is 17.0 Å². The molecular weight excluding hydrogens is 448 g/mol. The summed E-state index contributed by atoms with van der Waals surface area (Å²) < 4.78 is 33.3. The van der Waals surface area contributed by atoms with Crippen molar-refractivity contribution < 1.29 is 17.6 Å². The molecule has 3 aromatic rings. The van der Waals surface area contributed by atoms with Crippen LogP contribution in [0.2, 0.25) is 0 Å². The molecule has 0 bridgehead atoms. The van der Waals surface area contributed by atoms with Crippen molar-refractivity contribution in [3.63, 3.8) is 0 Å². The average molecular weight is 473 g/mol. The number of hydrogen-bond donors (Lipinski definition) is 1. The number of para-hydroxylation sites is 1. The molecule has 0 radical (unpaired) electrons. The van der Waals surface area contributed by atoms with Gasteiger partial charge in [0.05, 0.1) is 16.1 Å². The lowest BCUT2D eigenvalue weighted by atomic mass is 10.1. The van der Waals surface area contributed by atoms with E-state index in [0.29, 0.717) is 35.5 Å². The summed E-state index contributed by atoms with van der Waals surface area (Å²) in [6.07, 6.45) is 5.60. The van der Waals surface area contributed by atoms with E-state index in [1.165, 1.54) is 28.2 Å². The summed E-state index contributed by atoms with van der Waals surface area (Å²) in [7, 11) is -3.65. The second kappa shape index (κ2) is 9.85. The van der Waals surface area contributed by atoms with E-state index in [-0.39, 0.29) is 10.5 Å². The summed E-state index contributed by atoms with van der Waals surface area (Å²) in [6, 6.07) is 13.2. The molecular formula is C22H24N4O4S2. The van der Waals surface area contributed by atoms with Gasteiger partial charge in [-0.2, -0.15) is 4.31 Å². The smallest absolute Gasteiger partial charge is 0.276 e. The minimum absolute atomic E-state index is 0.127. The van der Waals surface area contributed by atoms with Crippen LogP contribution in [0.1, 0.15) is 36.0 Å². The van der Waals surface area contributed by atoms with Crippen LogP contribution in [-0.4, -0.2) is 48.2 Å². The maximum Gasteiger partial charge on any atom is 0.276 e. The second-order valence-corrected chi connectivity index (χ2v) is 10.1. The molecule has 1 aliphatic heterocycles. The van der Waals surface area contributed by atoms with Crippen LogP contribution < -0.4 is 5.32 Å². The Morgan fingerprint density at radius 1 is 1.03 bits per heavy atom. The first-order valence-corrected chi connectivity index (χ1v) is 13.0. The molecule has 0 atom stereocenters. The lowest BCUT2D eigenvalue weighted by Gasteiger charge is -2.20. The molecule has 168 valence electrons. The molecule has 2 aromatic carbocycles. The van der Waals surface area contributed by atoms with Crippen LogP contribution in [0.5, 0.6) is 0 Å². The number of benzene rings is 2. The number of rotatable bonds is 6. The highest BCUT2D eigenvalue weighted by atomic mass is 32.2. The Morgan fingerprint density at radius 2 is 1.78 bits per heavy atom. The van der Waals surface area contributed by atoms with Gasteiger partial charge in [-0.15, -0.1) is 10.2 Å². The molecule has 1 fully saturated rings. The van der Waals surface area contributed by atoms with Crippen LogP contribution in [0, 0.1) is 0 Å². The first-order chi connectivity index (χ1) is 15.5. The largest absolute Gasteiger partial charge is 0.411 e. The summed E-state index contributed by atoms with van der Waals surface area (Å²) in [5, 5.41) is 11.2. The SMILES string of the molecule is CSc1nnc(-c2ccccc2NC(=O)c2cccc(S(=O)(=O)N3CCCCCC3)c2)o1. The predicted molar refractivity (Wildman–Crippen MR) is 123 cm³/mol. The molecule has 0 spiro atoms. The standard InChI is InChI=1S/C22H24N4O4S2/c1-31-22-25-24-21(30-22)18-11-4-5-12-19(18)23-20(27)16-9-8-10-17(15-16)32(28,29)26-13-6-2-3-7-14-26/h4-5,8-12,15H,2-3,6-7,13-14H2,1H3,(H,23,27). The fourth-order valence-corrected chi connectivity index (χ4v) is 5.45. The van der Waals surface area contributed by atoms with Gasteiger partial charge in [0.1, 0.15) is 0 Å². The minimum Gasteiger partial charge on any atom is -0.411 e. The average Bonchev–Trinajstić information content (AvgIpc) is 3.12. The van der Waals surface area contributed by atoms with Crippen molar-refractivity contribution in [3.8, 4) is 11.5 Å². The lowest BCUT2D eigenvalue weighted by molar-refractivity contribution is 0.102. The molecule has 32 heavy (non-hydrogen) atoms. The first kappa shape index (κ1) is 22.5. The predicted octanol–water partition coefficient (Wildman–Crippen LogP) is 4.28. The van der Waals surface area contributed by atoms with Gasteiger partial charge in [-0.3, -0.25) is 4.79 Å². The van der Waals surface area contributed by atoms with Crippen molar-refractivity contribution in [3.05, 3.63) is 54.1 Å². The molecule has 0 unspecified atom stereocenters. The fraction of sp³-hybridized carbons (Fsp3) is 0.318. The zero-order valence-electron chi connectivity index (χ0n) is 17.7. The quantitative estimate of drug-likeness (QED) is 0.534. The summed E-state index contributed by atoms with van der Waals surface area (Å²) >= 11 is 1.33. The van der Waals surface area contributed by atoms with Crippen molar-refractivity contribution in [2.45, 2.75) is 35.8 Å². The van der Waals surface area contributed by atoms with E-state index < -0.39 is 15.9 Å². The van der Waals surface area contributed by atoms with Crippen LogP contribution in [0.3, 0.4) is 0 Å². The van der Waals surface area contributed by atoms with E-state index >= 15 is 0 Å². The zero-order chi connectivity index (χ0) is 22.6. The van der Waals surface area contributed by atoms with E-state index in [2.05, 4.69) is 15.5 Å². The number of hydrogen-bond acceptors (Lipinski definition) is 7. The number of carbonyl (C=O) groups excluding carboxylic acids is 1. The normalized spacial score (nSPS) is 15.3. The van der Waals surface area contributed by atoms with Gasteiger partial charge >= 0.3 is 0 Å². The maximum absolute atomic E-state index is 13.1. The molecule has 1 aromatic heterocycles. The molecule has 8 nitrogen and oxygen atoms in total. The monoisotopic (exact) mass is 472 g/mol. The van der Waals surface area contributed by atoms with Gasteiger partial charge in [0.2, 0.25) is 10.0 Å². The van der Waals surface area contributed by atoms with Gasteiger partial charge in [-0.05, 0) is 49.4 Å². The topological polar surface area (TPSA) is 105 Å². The fourth-order valence-electron chi connectivity index (χ4n) is 3.60. The third kappa shape index (κ3) is 4.87. The molecule has 2 heterocycles. The number of aromatic nitrogens is 2. The molecule has 1 saturated heterocycles. The van der Waals surface area contributed by atoms with Crippen LogP contribution in [0.25, 0.3) is 11.5 Å². The van der Waals surface area contributed by atoms with Crippen molar-refractivity contribution in [1.82, 2.24) is 14.5 Å². The third-order valence-electron chi connectivity index (χ3n) is 5.29. The number of carbonyl (C=O) groups is 1. The van der Waals surface area contributed by atoms with Crippen LogP contribution in [-0.2, 0) is 10.0 Å².